The van der Waals surface area contributed by atoms with Gasteiger partial charge in [-0.05, 0) is 40.8 Å². The van der Waals surface area contributed by atoms with E-state index in [1.807, 2.05) is 24.3 Å². The summed E-state index contributed by atoms with van der Waals surface area (Å²) in [6.45, 7) is 9.93. The fourth-order valence-electron chi connectivity index (χ4n) is 5.80. The Balaban J connectivity index is 1.12. The first-order valence-corrected chi connectivity index (χ1v) is 15.7. The molecule has 2 aromatic heterocycles. The molecule has 0 saturated carbocycles. The molecule has 4 heterocycles. The lowest BCUT2D eigenvalue weighted by molar-refractivity contribution is 0.0375. The summed E-state index contributed by atoms with van der Waals surface area (Å²) < 4.78 is 21.9. The molecule has 0 aliphatic carbocycles. The Labute approximate surface area is 256 Å². The maximum Gasteiger partial charge on any atom is 0.263 e. The van der Waals surface area contributed by atoms with Crippen molar-refractivity contribution in [2.24, 2.45) is 0 Å². The highest BCUT2D eigenvalue weighted by Crippen LogP contribution is 2.43. The second kappa shape index (κ2) is 12.0. The second-order valence-corrected chi connectivity index (χ2v) is 13.5. The average molecular weight is 600 g/mol. The van der Waals surface area contributed by atoms with E-state index in [4.69, 9.17) is 4.74 Å². The smallest absolute Gasteiger partial charge is 0.263 e. The number of fused-ring (bicyclic) bond motifs is 1. The molecule has 224 valence electrons. The van der Waals surface area contributed by atoms with Gasteiger partial charge in [0.25, 0.3) is 5.91 Å². The summed E-state index contributed by atoms with van der Waals surface area (Å²) in [6.07, 6.45) is 5.64. The number of ether oxygens (including phenoxy) is 1. The second-order valence-electron chi connectivity index (χ2n) is 12.5. The number of hydrogen-bond acceptors (Lipinski definition) is 7. The standard InChI is InChI=1S/C34H38FN5O2S/c1-33(2,3)25-12-10-24(11-13-25)23-40-20-16-34(42-30-27(35)8-6-9-28(30)40)14-18-39(19-15-34)32-38-22-29(43-32)31(41)37-21-26-7-4-5-17-36-26/h4-13,17,22H,14-16,18-21,23H2,1-3H3,(H,37,41). The summed E-state index contributed by atoms with van der Waals surface area (Å²) in [5, 5.41) is 3.74. The van der Waals surface area contributed by atoms with Crippen molar-refractivity contribution in [3.05, 3.63) is 101 Å². The number of carbonyl (C=O) groups is 1. The van der Waals surface area contributed by atoms with Gasteiger partial charge < -0.3 is 19.9 Å². The van der Waals surface area contributed by atoms with E-state index in [2.05, 4.69) is 70.1 Å². The van der Waals surface area contributed by atoms with E-state index >= 15 is 4.39 Å². The van der Waals surface area contributed by atoms with Gasteiger partial charge in [0.15, 0.2) is 16.7 Å². The van der Waals surface area contributed by atoms with Gasteiger partial charge in [0.1, 0.15) is 10.5 Å². The lowest BCUT2D eigenvalue weighted by Gasteiger charge is -2.41. The fraction of sp³-hybridized carbons (Fsp3) is 0.382. The Hall–Kier alpha value is -3.98. The molecule has 2 aliphatic heterocycles. The van der Waals surface area contributed by atoms with Crippen LogP contribution in [0.25, 0.3) is 0 Å². The molecule has 43 heavy (non-hydrogen) atoms. The highest BCUT2D eigenvalue weighted by Gasteiger charge is 2.41. The lowest BCUT2D eigenvalue weighted by Crippen LogP contribution is -2.48. The molecule has 1 amide bonds. The van der Waals surface area contributed by atoms with Crippen LogP contribution in [0.1, 0.15) is 66.5 Å². The topological polar surface area (TPSA) is 70.6 Å². The molecule has 7 nitrogen and oxygen atoms in total. The van der Waals surface area contributed by atoms with Crippen LogP contribution in [-0.4, -0.2) is 41.1 Å². The number of anilines is 2. The molecule has 4 aromatic rings. The molecule has 2 aromatic carbocycles. The zero-order chi connectivity index (χ0) is 30.0. The molecule has 0 bridgehead atoms. The van der Waals surface area contributed by atoms with E-state index in [0.29, 0.717) is 23.7 Å². The monoisotopic (exact) mass is 599 g/mol. The summed E-state index contributed by atoms with van der Waals surface area (Å²) in [4.78, 5) is 26.6. The number of nitrogens with zero attached hydrogens (tertiary/aromatic N) is 4. The number of piperidine rings is 1. The molecule has 0 unspecified atom stereocenters. The third-order valence-corrected chi connectivity index (χ3v) is 9.51. The first kappa shape index (κ1) is 29.1. The SMILES string of the molecule is CC(C)(C)c1ccc(CN2CCC3(CCN(c4ncc(C(=O)NCc5ccccn5)s4)CC3)Oc3c(F)cccc32)cc1. The van der Waals surface area contributed by atoms with Crippen molar-refractivity contribution in [1.82, 2.24) is 15.3 Å². The quantitative estimate of drug-likeness (QED) is 0.265. The van der Waals surface area contributed by atoms with Crippen LogP contribution in [-0.2, 0) is 18.5 Å². The molecule has 1 fully saturated rings. The number of amides is 1. The number of aromatic nitrogens is 2. The lowest BCUT2D eigenvalue weighted by atomic mass is 9.86. The normalized spacial score (nSPS) is 16.4. The van der Waals surface area contributed by atoms with Crippen LogP contribution in [0.5, 0.6) is 5.75 Å². The highest BCUT2D eigenvalue weighted by molar-refractivity contribution is 7.17. The fourth-order valence-corrected chi connectivity index (χ4v) is 6.69. The van der Waals surface area contributed by atoms with Gasteiger partial charge in [-0.3, -0.25) is 9.78 Å². The minimum atomic E-state index is -0.460. The number of pyridine rings is 1. The molecule has 1 saturated heterocycles. The zero-order valence-corrected chi connectivity index (χ0v) is 25.8. The molecule has 9 heteroatoms. The Kier molecular flexibility index (Phi) is 8.09. The van der Waals surface area contributed by atoms with Crippen LogP contribution in [0, 0.1) is 5.82 Å². The van der Waals surface area contributed by atoms with Gasteiger partial charge >= 0.3 is 0 Å². The molecule has 1 N–H and O–H groups in total. The number of rotatable bonds is 6. The minimum Gasteiger partial charge on any atom is -0.482 e. The first-order chi connectivity index (χ1) is 20.7. The van der Waals surface area contributed by atoms with Crippen LogP contribution in [0.3, 0.4) is 0 Å². The van der Waals surface area contributed by atoms with Gasteiger partial charge in [-0.2, -0.15) is 0 Å². The third kappa shape index (κ3) is 6.51. The highest BCUT2D eigenvalue weighted by atomic mass is 32.1. The van der Waals surface area contributed by atoms with E-state index in [9.17, 15) is 4.79 Å². The molecular formula is C34H38FN5O2S. The van der Waals surface area contributed by atoms with Crippen molar-refractivity contribution in [2.45, 2.75) is 64.1 Å². The number of halogens is 1. The Morgan fingerprint density at radius 1 is 1.00 bits per heavy atom. The summed E-state index contributed by atoms with van der Waals surface area (Å²) in [7, 11) is 0. The predicted molar refractivity (Wildman–Crippen MR) is 170 cm³/mol. The Bertz CT molecular complexity index is 1560. The largest absolute Gasteiger partial charge is 0.482 e. The van der Waals surface area contributed by atoms with E-state index in [-0.39, 0.29) is 17.1 Å². The van der Waals surface area contributed by atoms with Gasteiger partial charge in [-0.1, -0.05) is 68.5 Å². The first-order valence-electron chi connectivity index (χ1n) is 14.9. The summed E-state index contributed by atoms with van der Waals surface area (Å²) >= 11 is 1.39. The van der Waals surface area contributed by atoms with Gasteiger partial charge in [-0.25, -0.2) is 9.37 Å². The minimum absolute atomic E-state index is 0.0959. The number of carbonyl (C=O) groups excluding carboxylic acids is 1. The maximum atomic E-state index is 15.3. The Morgan fingerprint density at radius 3 is 2.49 bits per heavy atom. The van der Waals surface area contributed by atoms with Crippen molar-refractivity contribution in [3.63, 3.8) is 0 Å². The number of hydrogen-bond donors (Lipinski definition) is 1. The van der Waals surface area contributed by atoms with Gasteiger partial charge in [0.05, 0.1) is 24.1 Å². The van der Waals surface area contributed by atoms with Crippen LogP contribution in [0.4, 0.5) is 15.2 Å². The number of benzene rings is 2. The van der Waals surface area contributed by atoms with Crippen molar-refractivity contribution in [3.8, 4) is 5.75 Å². The van der Waals surface area contributed by atoms with Crippen LogP contribution >= 0.6 is 11.3 Å². The van der Waals surface area contributed by atoms with Gasteiger partial charge in [-0.15, -0.1) is 0 Å². The molecule has 0 atom stereocenters. The average Bonchev–Trinajstić information content (AvgIpc) is 3.45. The van der Waals surface area contributed by atoms with Crippen LogP contribution < -0.4 is 19.9 Å². The third-order valence-electron chi connectivity index (χ3n) is 8.45. The number of thiazole rings is 1. The summed E-state index contributed by atoms with van der Waals surface area (Å²) in [5.41, 5.74) is 3.74. The Morgan fingerprint density at radius 2 is 1.77 bits per heavy atom. The van der Waals surface area contributed by atoms with E-state index in [1.165, 1.54) is 28.5 Å². The molecular weight excluding hydrogens is 561 g/mol. The van der Waals surface area contributed by atoms with Crippen molar-refractivity contribution >= 4 is 28.1 Å². The molecule has 1 spiro atoms. The van der Waals surface area contributed by atoms with Crippen LogP contribution in [0.2, 0.25) is 0 Å². The predicted octanol–water partition coefficient (Wildman–Crippen LogP) is 6.73. The van der Waals surface area contributed by atoms with Gasteiger partial charge in [0, 0.05) is 51.6 Å². The van der Waals surface area contributed by atoms with E-state index in [1.54, 1.807) is 18.5 Å². The van der Waals surface area contributed by atoms with Crippen molar-refractivity contribution in [2.75, 3.05) is 29.4 Å². The number of nitrogens with one attached hydrogen (secondary N) is 1. The zero-order valence-electron chi connectivity index (χ0n) is 25.0. The van der Waals surface area contributed by atoms with Crippen molar-refractivity contribution < 1.29 is 13.9 Å². The molecule has 0 radical (unpaired) electrons. The maximum absolute atomic E-state index is 15.3. The van der Waals surface area contributed by atoms with Gasteiger partial charge in [0.2, 0.25) is 0 Å². The molecule has 2 aliphatic rings. The van der Waals surface area contributed by atoms with E-state index in [0.717, 1.165) is 55.4 Å². The summed E-state index contributed by atoms with van der Waals surface area (Å²) in [6, 6.07) is 19.6. The number of para-hydroxylation sites is 1. The summed E-state index contributed by atoms with van der Waals surface area (Å²) in [5.74, 6) is -0.133. The van der Waals surface area contributed by atoms with Crippen molar-refractivity contribution in [1.29, 1.82) is 0 Å². The van der Waals surface area contributed by atoms with E-state index < -0.39 is 5.60 Å². The molecule has 6 rings (SSSR count). The van der Waals surface area contributed by atoms with Crippen LogP contribution in [0.15, 0.2) is 73.1 Å².